The van der Waals surface area contributed by atoms with E-state index in [1.165, 1.54) is 6.07 Å². The van der Waals surface area contributed by atoms with Crippen molar-refractivity contribution in [2.75, 3.05) is 51.3 Å². The molecule has 0 spiro atoms. The number of anilines is 1. The molecule has 0 aromatic heterocycles. The Hall–Kier alpha value is -1.86. The summed E-state index contributed by atoms with van der Waals surface area (Å²) in [5.74, 6) is 0.305. The van der Waals surface area contributed by atoms with Crippen LogP contribution in [0.3, 0.4) is 0 Å². The zero-order valence-corrected chi connectivity index (χ0v) is 12.2. The van der Waals surface area contributed by atoms with E-state index in [0.29, 0.717) is 12.4 Å². The molecule has 0 saturated carbocycles. The fourth-order valence-corrected chi connectivity index (χ4v) is 2.23. The van der Waals surface area contributed by atoms with Gasteiger partial charge in [0.15, 0.2) is 5.75 Å². The van der Waals surface area contributed by atoms with Crippen molar-refractivity contribution in [2.45, 2.75) is 6.92 Å². The summed E-state index contributed by atoms with van der Waals surface area (Å²) >= 11 is 0. The molecule has 0 atom stereocenters. The molecule has 1 aromatic carbocycles. The van der Waals surface area contributed by atoms with Crippen LogP contribution in [0.5, 0.6) is 5.75 Å². The summed E-state index contributed by atoms with van der Waals surface area (Å²) < 4.78 is 10.6. The number of ether oxygens (including phenoxy) is 2. The highest BCUT2D eigenvalue weighted by Gasteiger charge is 2.15. The lowest BCUT2D eigenvalue weighted by atomic mass is 10.2. The third kappa shape index (κ3) is 4.57. The van der Waals surface area contributed by atoms with Gasteiger partial charge in [0.05, 0.1) is 24.7 Å². The van der Waals surface area contributed by atoms with Crippen LogP contribution in [0.25, 0.3) is 0 Å². The molecule has 0 aliphatic carbocycles. The number of nitro benzene ring substituents is 1. The third-order valence-electron chi connectivity index (χ3n) is 3.32. The molecule has 1 saturated heterocycles. The van der Waals surface area contributed by atoms with Crippen LogP contribution in [-0.2, 0) is 4.74 Å². The van der Waals surface area contributed by atoms with Gasteiger partial charge < -0.3 is 14.8 Å². The highest BCUT2D eigenvalue weighted by atomic mass is 16.6. The lowest BCUT2D eigenvalue weighted by Crippen LogP contribution is -2.39. The molecule has 0 unspecified atom stereocenters. The van der Waals surface area contributed by atoms with Crippen molar-refractivity contribution >= 4 is 11.4 Å². The number of hydrogen-bond donors (Lipinski definition) is 1. The van der Waals surface area contributed by atoms with Gasteiger partial charge in [0, 0.05) is 44.0 Å². The van der Waals surface area contributed by atoms with Gasteiger partial charge in [0.25, 0.3) is 0 Å². The SMILES string of the molecule is CCOc1cc(NCCN2CCOCC2)ccc1[N+](=O)[O-]. The second-order valence-corrected chi connectivity index (χ2v) is 4.75. The van der Waals surface area contributed by atoms with E-state index in [-0.39, 0.29) is 5.69 Å². The van der Waals surface area contributed by atoms with Gasteiger partial charge in [-0.1, -0.05) is 0 Å². The fraction of sp³-hybridized carbons (Fsp3) is 0.571. The van der Waals surface area contributed by atoms with E-state index < -0.39 is 4.92 Å². The quantitative estimate of drug-likeness (QED) is 0.610. The molecule has 0 radical (unpaired) electrons. The first kappa shape index (κ1) is 15.5. The van der Waals surface area contributed by atoms with Crippen LogP contribution < -0.4 is 10.1 Å². The zero-order chi connectivity index (χ0) is 15.1. The molecular weight excluding hydrogens is 274 g/mol. The van der Waals surface area contributed by atoms with Gasteiger partial charge in [0.2, 0.25) is 0 Å². The first-order chi connectivity index (χ1) is 10.2. The molecule has 1 N–H and O–H groups in total. The minimum atomic E-state index is -0.428. The number of morpholine rings is 1. The standard InChI is InChI=1S/C14H21N3O4/c1-2-21-14-11-12(3-4-13(14)17(18)19)15-5-6-16-7-9-20-10-8-16/h3-4,11,15H,2,5-10H2,1H3. The van der Waals surface area contributed by atoms with Crippen LogP contribution >= 0.6 is 0 Å². The topological polar surface area (TPSA) is 76.9 Å². The second-order valence-electron chi connectivity index (χ2n) is 4.75. The van der Waals surface area contributed by atoms with Crippen molar-refractivity contribution in [2.24, 2.45) is 0 Å². The molecule has 1 heterocycles. The van der Waals surface area contributed by atoms with Crippen molar-refractivity contribution < 1.29 is 14.4 Å². The number of rotatable bonds is 7. The molecule has 0 bridgehead atoms. The maximum absolute atomic E-state index is 10.9. The van der Waals surface area contributed by atoms with Crippen molar-refractivity contribution in [3.63, 3.8) is 0 Å². The number of nitrogens with one attached hydrogen (secondary N) is 1. The average Bonchev–Trinajstić information content (AvgIpc) is 2.49. The van der Waals surface area contributed by atoms with Crippen molar-refractivity contribution in [1.29, 1.82) is 0 Å². The lowest BCUT2D eigenvalue weighted by Gasteiger charge is -2.26. The molecule has 1 aromatic rings. The highest BCUT2D eigenvalue weighted by molar-refractivity contribution is 5.58. The van der Waals surface area contributed by atoms with Crippen molar-refractivity contribution in [1.82, 2.24) is 4.90 Å². The first-order valence-electron chi connectivity index (χ1n) is 7.16. The number of nitro groups is 1. The van der Waals surface area contributed by atoms with Gasteiger partial charge in [-0.05, 0) is 13.0 Å². The molecule has 21 heavy (non-hydrogen) atoms. The van der Waals surface area contributed by atoms with Gasteiger partial charge in [-0.15, -0.1) is 0 Å². The van der Waals surface area contributed by atoms with Gasteiger partial charge in [-0.3, -0.25) is 15.0 Å². The maximum atomic E-state index is 10.9. The Bertz CT molecular complexity index is 475. The van der Waals surface area contributed by atoms with E-state index in [2.05, 4.69) is 10.2 Å². The molecule has 116 valence electrons. The van der Waals surface area contributed by atoms with Gasteiger partial charge in [-0.2, -0.15) is 0 Å². The third-order valence-corrected chi connectivity index (χ3v) is 3.32. The monoisotopic (exact) mass is 295 g/mol. The number of benzene rings is 1. The van der Waals surface area contributed by atoms with Crippen LogP contribution in [0, 0.1) is 10.1 Å². The minimum Gasteiger partial charge on any atom is -0.487 e. The number of nitrogens with zero attached hydrogens (tertiary/aromatic N) is 2. The van der Waals surface area contributed by atoms with E-state index in [1.807, 2.05) is 6.92 Å². The molecule has 1 aliphatic rings. The Balaban J connectivity index is 1.90. The lowest BCUT2D eigenvalue weighted by molar-refractivity contribution is -0.385. The molecule has 0 amide bonds. The number of hydrogen-bond acceptors (Lipinski definition) is 6. The fourth-order valence-electron chi connectivity index (χ4n) is 2.23. The van der Waals surface area contributed by atoms with Crippen LogP contribution in [0.4, 0.5) is 11.4 Å². The van der Waals surface area contributed by atoms with Crippen molar-refractivity contribution in [3.8, 4) is 5.75 Å². The Morgan fingerprint density at radius 2 is 2.19 bits per heavy atom. The van der Waals surface area contributed by atoms with E-state index >= 15 is 0 Å². The van der Waals surface area contributed by atoms with E-state index in [4.69, 9.17) is 9.47 Å². The maximum Gasteiger partial charge on any atom is 0.311 e. The Kier molecular flexibility index (Phi) is 5.77. The Labute approximate surface area is 124 Å². The highest BCUT2D eigenvalue weighted by Crippen LogP contribution is 2.29. The molecule has 7 nitrogen and oxygen atoms in total. The van der Waals surface area contributed by atoms with E-state index in [9.17, 15) is 10.1 Å². The van der Waals surface area contributed by atoms with E-state index in [0.717, 1.165) is 45.1 Å². The summed E-state index contributed by atoms with van der Waals surface area (Å²) in [5.41, 5.74) is 0.827. The molecule has 1 aliphatic heterocycles. The zero-order valence-electron chi connectivity index (χ0n) is 12.2. The molecule has 7 heteroatoms. The van der Waals surface area contributed by atoms with Crippen LogP contribution in [0.1, 0.15) is 6.92 Å². The van der Waals surface area contributed by atoms with Crippen LogP contribution in [-0.4, -0.2) is 55.8 Å². The summed E-state index contributed by atoms with van der Waals surface area (Å²) in [6.45, 7) is 7.38. The van der Waals surface area contributed by atoms with E-state index in [1.54, 1.807) is 12.1 Å². The first-order valence-corrected chi connectivity index (χ1v) is 7.16. The molecule has 2 rings (SSSR count). The largest absolute Gasteiger partial charge is 0.487 e. The summed E-state index contributed by atoms with van der Waals surface area (Å²) in [6, 6.07) is 4.86. The summed E-state index contributed by atoms with van der Waals surface area (Å²) in [7, 11) is 0. The Morgan fingerprint density at radius 1 is 1.43 bits per heavy atom. The summed E-state index contributed by atoms with van der Waals surface area (Å²) in [4.78, 5) is 12.8. The van der Waals surface area contributed by atoms with Crippen LogP contribution in [0.2, 0.25) is 0 Å². The van der Waals surface area contributed by atoms with Gasteiger partial charge in [-0.25, -0.2) is 0 Å². The normalized spacial score (nSPS) is 15.7. The molecular formula is C14H21N3O4. The predicted octanol–water partition coefficient (Wildman–Crippen LogP) is 1.74. The minimum absolute atomic E-state index is 0.00409. The van der Waals surface area contributed by atoms with Gasteiger partial charge in [0.1, 0.15) is 0 Å². The van der Waals surface area contributed by atoms with Crippen molar-refractivity contribution in [3.05, 3.63) is 28.3 Å². The average molecular weight is 295 g/mol. The van der Waals surface area contributed by atoms with Crippen LogP contribution in [0.15, 0.2) is 18.2 Å². The predicted molar refractivity (Wildman–Crippen MR) is 80.0 cm³/mol. The smallest absolute Gasteiger partial charge is 0.311 e. The summed E-state index contributed by atoms with van der Waals surface area (Å²) in [6.07, 6.45) is 0. The second kappa shape index (κ2) is 7.80. The Morgan fingerprint density at radius 3 is 2.86 bits per heavy atom. The molecule has 1 fully saturated rings. The summed E-state index contributed by atoms with van der Waals surface area (Å²) in [5, 5.41) is 14.2. The van der Waals surface area contributed by atoms with Gasteiger partial charge >= 0.3 is 5.69 Å².